The molecule has 0 saturated carbocycles. The number of hydrogen-bond donors (Lipinski definition) is 3. The van der Waals surface area contributed by atoms with Gasteiger partial charge in [-0.05, 0) is 49.4 Å². The summed E-state index contributed by atoms with van der Waals surface area (Å²) in [6.07, 6.45) is 14.3. The highest BCUT2D eigenvalue weighted by atomic mass is 16.3. The molecule has 1 aromatic carbocycles. The molecular weight excluding hydrogens is 372 g/mol. The third-order valence-corrected chi connectivity index (χ3v) is 6.57. The number of phenols is 3. The Morgan fingerprint density at radius 1 is 0.633 bits per heavy atom. The summed E-state index contributed by atoms with van der Waals surface area (Å²) in [6, 6.07) is 1.29. The van der Waals surface area contributed by atoms with E-state index in [2.05, 4.69) is 41.5 Å². The largest absolute Gasteiger partial charge is 0.508 e. The van der Waals surface area contributed by atoms with E-state index in [9.17, 15) is 15.3 Å². The van der Waals surface area contributed by atoms with Gasteiger partial charge in [-0.3, -0.25) is 0 Å². The quantitative estimate of drug-likeness (QED) is 0.161. The zero-order chi connectivity index (χ0) is 22.8. The Morgan fingerprint density at radius 3 is 1.67 bits per heavy atom. The Bertz CT molecular complexity index is 626. The lowest BCUT2D eigenvalue weighted by Crippen LogP contribution is -2.08. The molecule has 3 N–H and O–H groups in total. The van der Waals surface area contributed by atoms with Crippen LogP contribution in [0.15, 0.2) is 6.07 Å². The minimum Gasteiger partial charge on any atom is -0.508 e. The second-order valence-electron chi connectivity index (χ2n) is 11.1. The Kier molecular flexibility index (Phi) is 11.1. The molecule has 0 aliphatic carbocycles. The Morgan fingerprint density at radius 2 is 1.13 bits per heavy atom. The molecule has 0 bridgehead atoms. The van der Waals surface area contributed by atoms with Crippen LogP contribution in [0.1, 0.15) is 123 Å². The molecule has 1 rings (SSSR count). The summed E-state index contributed by atoms with van der Waals surface area (Å²) in [7, 11) is 0. The first-order valence-electron chi connectivity index (χ1n) is 12.2. The van der Waals surface area contributed by atoms with E-state index in [-0.39, 0.29) is 17.2 Å². The van der Waals surface area contributed by atoms with Crippen LogP contribution in [0.2, 0.25) is 0 Å². The van der Waals surface area contributed by atoms with Crippen LogP contribution in [0.4, 0.5) is 0 Å². The van der Waals surface area contributed by atoms with Crippen molar-refractivity contribution in [3.63, 3.8) is 0 Å². The number of benzene rings is 1. The molecule has 1 aromatic rings. The van der Waals surface area contributed by atoms with E-state index in [1.807, 2.05) is 0 Å². The lowest BCUT2D eigenvalue weighted by Gasteiger charge is -2.22. The molecule has 174 valence electrons. The maximum Gasteiger partial charge on any atom is 0.161 e. The van der Waals surface area contributed by atoms with Crippen molar-refractivity contribution in [2.75, 3.05) is 0 Å². The highest BCUT2D eigenvalue weighted by Crippen LogP contribution is 2.39. The monoisotopic (exact) mass is 420 g/mol. The highest BCUT2D eigenvalue weighted by molar-refractivity contribution is 5.55. The van der Waals surface area contributed by atoms with Crippen LogP contribution in [0, 0.1) is 10.8 Å². The normalized spacial score (nSPS) is 12.5. The van der Waals surface area contributed by atoms with E-state index in [4.69, 9.17) is 0 Å². The molecule has 3 nitrogen and oxygen atoms in total. The van der Waals surface area contributed by atoms with Crippen LogP contribution in [0.25, 0.3) is 0 Å². The molecule has 0 heterocycles. The summed E-state index contributed by atoms with van der Waals surface area (Å²) in [5.74, 6) is -0.122. The van der Waals surface area contributed by atoms with Crippen molar-refractivity contribution in [3.05, 3.63) is 17.2 Å². The molecule has 0 unspecified atom stereocenters. The van der Waals surface area contributed by atoms with Crippen molar-refractivity contribution in [2.24, 2.45) is 10.8 Å². The average Bonchev–Trinajstić information content (AvgIpc) is 2.65. The van der Waals surface area contributed by atoms with Gasteiger partial charge in [-0.25, -0.2) is 0 Å². The lowest BCUT2D eigenvalue weighted by molar-refractivity contribution is 0.307. The second-order valence-corrected chi connectivity index (χ2v) is 11.1. The Balaban J connectivity index is 2.53. The average molecular weight is 421 g/mol. The fraction of sp³-hybridized carbons (Fsp3) is 0.778. The molecule has 0 radical (unpaired) electrons. The van der Waals surface area contributed by atoms with Gasteiger partial charge in [0.15, 0.2) is 11.5 Å². The molecule has 0 amide bonds. The molecule has 0 atom stereocenters. The van der Waals surface area contributed by atoms with Crippen molar-refractivity contribution >= 4 is 0 Å². The standard InChI is InChI=1S/C27H48O3/c1-7-27(5,6)19-15-11-9-12-16-21-22(25(30)24(29)20-23(21)28)17-13-8-10-14-18-26(2,3)4/h20,28-30H,7-19H2,1-6H3. The zero-order valence-electron chi connectivity index (χ0n) is 20.6. The van der Waals surface area contributed by atoms with Crippen LogP contribution in [-0.4, -0.2) is 15.3 Å². The molecule has 0 saturated heterocycles. The molecule has 0 spiro atoms. The third kappa shape index (κ3) is 10.1. The highest BCUT2D eigenvalue weighted by Gasteiger charge is 2.17. The van der Waals surface area contributed by atoms with Gasteiger partial charge in [-0.15, -0.1) is 0 Å². The SMILES string of the molecule is CCC(C)(C)CCCCCCc1c(O)cc(O)c(O)c1CCCCCCC(C)(C)C. The summed E-state index contributed by atoms with van der Waals surface area (Å²) in [4.78, 5) is 0. The maximum atomic E-state index is 10.4. The summed E-state index contributed by atoms with van der Waals surface area (Å²) < 4.78 is 0. The van der Waals surface area contributed by atoms with E-state index in [1.54, 1.807) is 0 Å². The summed E-state index contributed by atoms with van der Waals surface area (Å²) in [5.41, 5.74) is 2.39. The predicted octanol–water partition coefficient (Wildman–Crippen LogP) is 8.27. The minimum atomic E-state index is -0.208. The molecular formula is C27H48O3. The van der Waals surface area contributed by atoms with Crippen LogP contribution >= 0.6 is 0 Å². The topological polar surface area (TPSA) is 60.7 Å². The first-order chi connectivity index (χ1) is 14.0. The van der Waals surface area contributed by atoms with Gasteiger partial charge in [0.05, 0.1) is 0 Å². The van der Waals surface area contributed by atoms with Crippen LogP contribution < -0.4 is 0 Å². The third-order valence-electron chi connectivity index (χ3n) is 6.57. The molecule has 0 fully saturated rings. The van der Waals surface area contributed by atoms with Gasteiger partial charge >= 0.3 is 0 Å². The molecule has 0 aliphatic rings. The minimum absolute atomic E-state index is 0.0396. The summed E-state index contributed by atoms with van der Waals surface area (Å²) >= 11 is 0. The van der Waals surface area contributed by atoms with Crippen LogP contribution in [-0.2, 0) is 12.8 Å². The smallest absolute Gasteiger partial charge is 0.161 e. The van der Waals surface area contributed by atoms with Gasteiger partial charge in [0.25, 0.3) is 0 Å². The number of phenolic OH excluding ortho intramolecular Hbond substituents is 3. The van der Waals surface area contributed by atoms with Crippen molar-refractivity contribution in [1.82, 2.24) is 0 Å². The van der Waals surface area contributed by atoms with Gasteiger partial charge in [0, 0.05) is 17.2 Å². The van der Waals surface area contributed by atoms with Crippen LogP contribution in [0.3, 0.4) is 0 Å². The number of aromatic hydroxyl groups is 3. The maximum absolute atomic E-state index is 10.4. The van der Waals surface area contributed by atoms with Crippen molar-refractivity contribution < 1.29 is 15.3 Å². The van der Waals surface area contributed by atoms with Gasteiger partial charge in [0.1, 0.15) is 5.75 Å². The van der Waals surface area contributed by atoms with E-state index < -0.39 is 0 Å². The van der Waals surface area contributed by atoms with Gasteiger partial charge in [0.2, 0.25) is 0 Å². The van der Waals surface area contributed by atoms with Crippen molar-refractivity contribution in [2.45, 2.75) is 125 Å². The molecule has 30 heavy (non-hydrogen) atoms. The number of hydrogen-bond acceptors (Lipinski definition) is 3. The summed E-state index contributed by atoms with van der Waals surface area (Å²) in [5, 5.41) is 30.8. The van der Waals surface area contributed by atoms with Crippen molar-refractivity contribution in [3.8, 4) is 17.2 Å². The first kappa shape index (κ1) is 26.7. The fourth-order valence-corrected chi connectivity index (χ4v) is 4.03. The Hall–Kier alpha value is -1.38. The number of rotatable bonds is 14. The van der Waals surface area contributed by atoms with E-state index >= 15 is 0 Å². The van der Waals surface area contributed by atoms with Crippen LogP contribution in [0.5, 0.6) is 17.2 Å². The zero-order valence-corrected chi connectivity index (χ0v) is 20.6. The predicted molar refractivity (Wildman–Crippen MR) is 129 cm³/mol. The Labute approximate surface area is 185 Å². The molecule has 0 aliphatic heterocycles. The van der Waals surface area contributed by atoms with Gasteiger partial charge in [-0.1, -0.05) is 86.5 Å². The molecule has 0 aromatic heterocycles. The lowest BCUT2D eigenvalue weighted by atomic mass is 9.84. The number of unbranched alkanes of at least 4 members (excludes halogenated alkanes) is 6. The van der Waals surface area contributed by atoms with E-state index in [0.717, 1.165) is 43.2 Å². The summed E-state index contributed by atoms with van der Waals surface area (Å²) in [6.45, 7) is 13.7. The van der Waals surface area contributed by atoms with Crippen molar-refractivity contribution in [1.29, 1.82) is 0 Å². The van der Waals surface area contributed by atoms with Gasteiger partial charge in [-0.2, -0.15) is 0 Å². The first-order valence-corrected chi connectivity index (χ1v) is 12.2. The fourth-order valence-electron chi connectivity index (χ4n) is 4.03. The second kappa shape index (κ2) is 12.5. The van der Waals surface area contributed by atoms with Gasteiger partial charge < -0.3 is 15.3 Å². The molecule has 3 heteroatoms. The van der Waals surface area contributed by atoms with E-state index in [0.29, 0.717) is 17.3 Å². The van der Waals surface area contributed by atoms with E-state index in [1.165, 1.54) is 51.0 Å².